The Kier molecular flexibility index (Phi) is 2.97. The number of nitrogens with one attached hydrogen (secondary N) is 1. The Morgan fingerprint density at radius 2 is 1.53 bits per heavy atom. The van der Waals surface area contributed by atoms with Crippen LogP contribution in [-0.2, 0) is 0 Å². The molecule has 0 saturated heterocycles. The molecule has 0 radical (unpaired) electrons. The molecule has 1 aliphatic rings. The zero-order chi connectivity index (χ0) is 13.1. The van der Waals surface area contributed by atoms with Crippen LogP contribution in [0.4, 0.5) is 5.69 Å². The van der Waals surface area contributed by atoms with Gasteiger partial charge in [-0.05, 0) is 29.7 Å². The first-order valence-corrected chi connectivity index (χ1v) is 6.64. The van der Waals surface area contributed by atoms with Crippen LogP contribution in [0.5, 0.6) is 0 Å². The van der Waals surface area contributed by atoms with Crippen molar-refractivity contribution in [2.75, 3.05) is 5.32 Å². The molecule has 0 aliphatic heterocycles. The molecule has 0 aromatic heterocycles. The van der Waals surface area contributed by atoms with Gasteiger partial charge in [-0.2, -0.15) is 0 Å². The fraction of sp³-hybridized carbons (Fsp3) is 0.235. The van der Waals surface area contributed by atoms with Crippen LogP contribution in [0.3, 0.4) is 0 Å². The van der Waals surface area contributed by atoms with Crippen molar-refractivity contribution in [3.63, 3.8) is 0 Å². The van der Waals surface area contributed by atoms with E-state index >= 15 is 0 Å². The van der Waals surface area contributed by atoms with Gasteiger partial charge in [0.15, 0.2) is 0 Å². The van der Waals surface area contributed by atoms with Gasteiger partial charge in [0, 0.05) is 18.5 Å². The second-order valence-corrected chi connectivity index (χ2v) is 5.07. The monoisotopic (exact) mass is 248 g/mol. The van der Waals surface area contributed by atoms with Gasteiger partial charge in [-0.3, -0.25) is 4.85 Å². The Hall–Kier alpha value is -2.27. The lowest BCUT2D eigenvalue weighted by Crippen LogP contribution is -2.41. The van der Waals surface area contributed by atoms with Gasteiger partial charge in [-0.1, -0.05) is 42.5 Å². The predicted molar refractivity (Wildman–Crippen MR) is 78.7 cm³/mol. The summed E-state index contributed by atoms with van der Waals surface area (Å²) in [4.78, 5) is 3.74. The molecule has 0 unspecified atom stereocenters. The molecule has 0 spiro atoms. The maximum Gasteiger partial charge on any atom is 0.305 e. The average molecular weight is 248 g/mol. The molecule has 1 fully saturated rings. The second kappa shape index (κ2) is 4.78. The maximum absolute atomic E-state index is 7.30. The maximum atomic E-state index is 7.30. The van der Waals surface area contributed by atoms with E-state index in [-0.39, 0.29) is 5.66 Å². The van der Waals surface area contributed by atoms with E-state index in [2.05, 4.69) is 46.6 Å². The zero-order valence-corrected chi connectivity index (χ0v) is 10.8. The molecular formula is C17H16N2. The van der Waals surface area contributed by atoms with Gasteiger partial charge in [-0.25, -0.2) is 6.57 Å². The van der Waals surface area contributed by atoms with E-state index in [4.69, 9.17) is 6.57 Å². The standard InChI is InChI=1S/C17H16N2/c1-18-17(12-5-13-17)19-16-10-8-15(9-11-16)14-6-3-2-4-7-14/h2-4,6-11,19H,5,12-13H2. The highest BCUT2D eigenvalue weighted by Crippen LogP contribution is 2.36. The van der Waals surface area contributed by atoms with Crippen molar-refractivity contribution in [2.45, 2.75) is 24.9 Å². The van der Waals surface area contributed by atoms with Crippen LogP contribution in [0.2, 0.25) is 0 Å². The van der Waals surface area contributed by atoms with Gasteiger partial charge in [0.2, 0.25) is 0 Å². The van der Waals surface area contributed by atoms with E-state index in [1.165, 1.54) is 11.1 Å². The lowest BCUT2D eigenvalue weighted by Gasteiger charge is -2.31. The Balaban J connectivity index is 1.78. The molecule has 0 bridgehead atoms. The molecule has 2 aromatic rings. The van der Waals surface area contributed by atoms with Crippen molar-refractivity contribution >= 4 is 5.69 Å². The van der Waals surface area contributed by atoms with Crippen molar-refractivity contribution in [1.82, 2.24) is 0 Å². The van der Waals surface area contributed by atoms with Crippen molar-refractivity contribution in [3.05, 3.63) is 66.0 Å². The summed E-state index contributed by atoms with van der Waals surface area (Å²) in [7, 11) is 0. The highest BCUT2D eigenvalue weighted by atomic mass is 15.1. The third-order valence-electron chi connectivity index (χ3n) is 3.76. The van der Waals surface area contributed by atoms with Gasteiger partial charge in [-0.15, -0.1) is 0 Å². The summed E-state index contributed by atoms with van der Waals surface area (Å²) < 4.78 is 0. The molecule has 1 saturated carbocycles. The number of nitrogens with zero attached hydrogens (tertiary/aromatic N) is 1. The Bertz CT molecular complexity index is 589. The molecule has 2 nitrogen and oxygen atoms in total. The summed E-state index contributed by atoms with van der Waals surface area (Å²) in [6.07, 6.45) is 3.06. The molecule has 94 valence electrons. The number of rotatable bonds is 3. The van der Waals surface area contributed by atoms with Gasteiger partial charge in [0.25, 0.3) is 0 Å². The Morgan fingerprint density at radius 1 is 0.895 bits per heavy atom. The first-order chi connectivity index (χ1) is 9.31. The van der Waals surface area contributed by atoms with E-state index in [1.807, 2.05) is 18.2 Å². The van der Waals surface area contributed by atoms with Gasteiger partial charge >= 0.3 is 5.66 Å². The summed E-state index contributed by atoms with van der Waals surface area (Å²) in [5, 5.41) is 3.37. The van der Waals surface area contributed by atoms with Gasteiger partial charge < -0.3 is 5.32 Å². The second-order valence-electron chi connectivity index (χ2n) is 5.07. The Labute approximate surface area is 113 Å². The van der Waals surface area contributed by atoms with Crippen LogP contribution in [0.1, 0.15) is 19.3 Å². The van der Waals surface area contributed by atoms with E-state index in [9.17, 15) is 0 Å². The SMILES string of the molecule is [C-]#[N+]C1(Nc2ccc(-c3ccccc3)cc2)CCC1. The van der Waals surface area contributed by atoms with Crippen LogP contribution in [0.25, 0.3) is 16.0 Å². The van der Waals surface area contributed by atoms with Crippen LogP contribution < -0.4 is 5.32 Å². The minimum absolute atomic E-state index is 0.339. The lowest BCUT2D eigenvalue weighted by molar-refractivity contribution is 0.343. The summed E-state index contributed by atoms with van der Waals surface area (Å²) >= 11 is 0. The number of anilines is 1. The molecule has 0 amide bonds. The summed E-state index contributed by atoms with van der Waals surface area (Å²) in [6, 6.07) is 18.7. The molecule has 1 N–H and O–H groups in total. The molecule has 1 aliphatic carbocycles. The number of hydrogen-bond acceptors (Lipinski definition) is 1. The predicted octanol–water partition coefficient (Wildman–Crippen LogP) is 4.56. The van der Waals surface area contributed by atoms with Gasteiger partial charge in [0.05, 0.1) is 0 Å². The van der Waals surface area contributed by atoms with E-state index in [0.717, 1.165) is 24.9 Å². The minimum Gasteiger partial charge on any atom is -0.314 e. The highest BCUT2D eigenvalue weighted by Gasteiger charge is 2.43. The van der Waals surface area contributed by atoms with Crippen LogP contribution in [0.15, 0.2) is 54.6 Å². The molecule has 2 aromatic carbocycles. The molecular weight excluding hydrogens is 232 g/mol. The summed E-state index contributed by atoms with van der Waals surface area (Å²) in [5.41, 5.74) is 3.12. The number of benzene rings is 2. The topological polar surface area (TPSA) is 16.4 Å². The first-order valence-electron chi connectivity index (χ1n) is 6.64. The van der Waals surface area contributed by atoms with E-state index in [1.54, 1.807) is 0 Å². The minimum atomic E-state index is -0.339. The third-order valence-corrected chi connectivity index (χ3v) is 3.76. The highest BCUT2D eigenvalue weighted by molar-refractivity contribution is 5.66. The first kappa shape index (κ1) is 11.8. The van der Waals surface area contributed by atoms with Crippen molar-refractivity contribution in [2.24, 2.45) is 0 Å². The molecule has 19 heavy (non-hydrogen) atoms. The molecule has 3 rings (SSSR count). The fourth-order valence-corrected chi connectivity index (χ4v) is 2.42. The number of hydrogen-bond donors (Lipinski definition) is 1. The summed E-state index contributed by atoms with van der Waals surface area (Å²) in [5.74, 6) is 0. The van der Waals surface area contributed by atoms with Crippen molar-refractivity contribution < 1.29 is 0 Å². The summed E-state index contributed by atoms with van der Waals surface area (Å²) in [6.45, 7) is 7.30. The quantitative estimate of drug-likeness (QED) is 0.787. The van der Waals surface area contributed by atoms with E-state index in [0.29, 0.717) is 0 Å². The van der Waals surface area contributed by atoms with Crippen molar-refractivity contribution in [3.8, 4) is 11.1 Å². The fourth-order valence-electron chi connectivity index (χ4n) is 2.42. The van der Waals surface area contributed by atoms with Crippen LogP contribution in [-0.4, -0.2) is 5.66 Å². The molecule has 0 atom stereocenters. The largest absolute Gasteiger partial charge is 0.314 e. The van der Waals surface area contributed by atoms with E-state index < -0.39 is 0 Å². The molecule has 0 heterocycles. The smallest absolute Gasteiger partial charge is 0.305 e. The van der Waals surface area contributed by atoms with Crippen molar-refractivity contribution in [1.29, 1.82) is 0 Å². The van der Waals surface area contributed by atoms with Gasteiger partial charge in [0.1, 0.15) is 0 Å². The van der Waals surface area contributed by atoms with Crippen LogP contribution >= 0.6 is 0 Å². The average Bonchev–Trinajstić information content (AvgIpc) is 2.45. The zero-order valence-electron chi connectivity index (χ0n) is 10.8. The lowest BCUT2D eigenvalue weighted by atomic mass is 9.85. The van der Waals surface area contributed by atoms with Crippen LogP contribution in [0, 0.1) is 6.57 Å². The third kappa shape index (κ3) is 2.32. The molecule has 2 heteroatoms. The Morgan fingerprint density at radius 3 is 2.05 bits per heavy atom. The normalized spacial score (nSPS) is 16.2.